The lowest BCUT2D eigenvalue weighted by molar-refractivity contribution is -0.126. The number of rotatable bonds is 3. The van der Waals surface area contributed by atoms with Crippen molar-refractivity contribution in [1.29, 1.82) is 0 Å². The third-order valence-electron chi connectivity index (χ3n) is 2.96. The van der Waals surface area contributed by atoms with Crippen molar-refractivity contribution in [2.75, 3.05) is 11.9 Å². The second-order valence-electron chi connectivity index (χ2n) is 4.43. The van der Waals surface area contributed by atoms with Gasteiger partial charge in [-0.2, -0.15) is 0 Å². The van der Waals surface area contributed by atoms with E-state index < -0.39 is 5.97 Å². The number of nitrogens with one attached hydrogen (secondary N) is 2. The lowest BCUT2D eigenvalue weighted by Crippen LogP contribution is -2.40. The maximum atomic E-state index is 12.0. The zero-order chi connectivity index (χ0) is 14.0. The second kappa shape index (κ2) is 5.40. The maximum absolute atomic E-state index is 12.0. The summed E-state index contributed by atoms with van der Waals surface area (Å²) in [5.41, 5.74) is 0.107. The van der Waals surface area contributed by atoms with Gasteiger partial charge in [-0.15, -0.1) is 11.3 Å². The van der Waals surface area contributed by atoms with Crippen molar-refractivity contribution >= 4 is 34.1 Å². The Morgan fingerprint density at radius 1 is 1.53 bits per heavy atom. The van der Waals surface area contributed by atoms with Crippen LogP contribution in [0.4, 0.5) is 5.00 Å². The Kier molecular flexibility index (Phi) is 3.84. The van der Waals surface area contributed by atoms with Gasteiger partial charge in [0.2, 0.25) is 11.8 Å². The first-order chi connectivity index (χ1) is 8.97. The number of aromatic carboxylic acids is 1. The Balaban J connectivity index is 2.06. The van der Waals surface area contributed by atoms with Gasteiger partial charge in [0.05, 0.1) is 11.5 Å². The number of piperidine rings is 1. The molecule has 6 nitrogen and oxygen atoms in total. The molecule has 2 heterocycles. The van der Waals surface area contributed by atoms with Crippen LogP contribution in [-0.4, -0.2) is 29.4 Å². The van der Waals surface area contributed by atoms with Crippen molar-refractivity contribution in [3.05, 3.63) is 16.5 Å². The Bertz CT molecular complexity index is 528. The number of aryl methyl sites for hydroxylation is 1. The average molecular weight is 282 g/mol. The van der Waals surface area contributed by atoms with E-state index in [9.17, 15) is 14.4 Å². The second-order valence-corrected chi connectivity index (χ2v) is 5.69. The number of hydrogen-bond acceptors (Lipinski definition) is 4. The minimum absolute atomic E-state index is 0.0535. The summed E-state index contributed by atoms with van der Waals surface area (Å²) in [6.45, 7) is 2.09. The van der Waals surface area contributed by atoms with Gasteiger partial charge < -0.3 is 15.7 Å². The number of hydrogen-bond donors (Lipinski definition) is 3. The van der Waals surface area contributed by atoms with Crippen molar-refractivity contribution < 1.29 is 19.5 Å². The first kappa shape index (κ1) is 13.5. The van der Waals surface area contributed by atoms with Gasteiger partial charge in [-0.3, -0.25) is 9.59 Å². The minimum Gasteiger partial charge on any atom is -0.478 e. The smallest absolute Gasteiger partial charge is 0.338 e. The maximum Gasteiger partial charge on any atom is 0.338 e. The van der Waals surface area contributed by atoms with Crippen LogP contribution in [0.25, 0.3) is 0 Å². The van der Waals surface area contributed by atoms with E-state index in [1.165, 1.54) is 17.4 Å². The van der Waals surface area contributed by atoms with Crippen molar-refractivity contribution in [1.82, 2.24) is 5.32 Å². The van der Waals surface area contributed by atoms with Gasteiger partial charge in [0, 0.05) is 17.8 Å². The van der Waals surface area contributed by atoms with Crippen LogP contribution in [0.3, 0.4) is 0 Å². The van der Waals surface area contributed by atoms with Crippen LogP contribution in [0.5, 0.6) is 0 Å². The van der Waals surface area contributed by atoms with Crippen LogP contribution in [0.2, 0.25) is 0 Å². The van der Waals surface area contributed by atoms with E-state index in [1.807, 2.05) is 0 Å². The van der Waals surface area contributed by atoms with Crippen molar-refractivity contribution in [2.24, 2.45) is 5.92 Å². The highest BCUT2D eigenvalue weighted by atomic mass is 32.1. The lowest BCUT2D eigenvalue weighted by Gasteiger charge is -2.21. The van der Waals surface area contributed by atoms with Gasteiger partial charge in [-0.25, -0.2) is 4.79 Å². The summed E-state index contributed by atoms with van der Waals surface area (Å²) in [5.74, 6) is -1.66. The molecule has 2 rings (SSSR count). The molecule has 1 fully saturated rings. The molecule has 0 aliphatic carbocycles. The van der Waals surface area contributed by atoms with Gasteiger partial charge in [0.15, 0.2) is 0 Å². The standard InChI is InChI=1S/C12H14N2O4S/c1-6-4-8(12(17)18)11(19-6)14-10(16)7-2-3-9(15)13-5-7/h4,7H,2-3,5H2,1H3,(H,13,15)(H,14,16)(H,17,18). The number of carboxylic acid groups (broad SMARTS) is 1. The van der Waals surface area contributed by atoms with Crippen LogP contribution < -0.4 is 10.6 Å². The van der Waals surface area contributed by atoms with E-state index in [1.54, 1.807) is 6.92 Å². The molecule has 19 heavy (non-hydrogen) atoms. The molecule has 3 N–H and O–H groups in total. The topological polar surface area (TPSA) is 95.5 Å². The van der Waals surface area contributed by atoms with Gasteiger partial charge in [0.1, 0.15) is 5.00 Å². The number of thiophene rings is 1. The largest absolute Gasteiger partial charge is 0.478 e. The molecule has 1 atom stereocenters. The summed E-state index contributed by atoms with van der Waals surface area (Å²) < 4.78 is 0. The van der Waals surface area contributed by atoms with Gasteiger partial charge in [-0.1, -0.05) is 0 Å². The first-order valence-corrected chi connectivity index (χ1v) is 6.70. The van der Waals surface area contributed by atoms with Crippen LogP contribution in [0.1, 0.15) is 28.1 Å². The summed E-state index contributed by atoms with van der Waals surface area (Å²) in [5, 5.41) is 14.7. The number of anilines is 1. The number of carbonyl (C=O) groups is 3. The highest BCUT2D eigenvalue weighted by Gasteiger charge is 2.26. The molecule has 1 unspecified atom stereocenters. The number of amides is 2. The van der Waals surface area contributed by atoms with Crippen LogP contribution in [-0.2, 0) is 9.59 Å². The molecule has 0 bridgehead atoms. The fourth-order valence-electron chi connectivity index (χ4n) is 1.94. The first-order valence-electron chi connectivity index (χ1n) is 5.88. The Hall–Kier alpha value is -1.89. The highest BCUT2D eigenvalue weighted by molar-refractivity contribution is 7.16. The fourth-order valence-corrected chi connectivity index (χ4v) is 2.84. The van der Waals surface area contributed by atoms with Gasteiger partial charge in [-0.05, 0) is 19.4 Å². The van der Waals surface area contributed by atoms with Crippen LogP contribution >= 0.6 is 11.3 Å². The number of carbonyl (C=O) groups excluding carboxylic acids is 2. The molecule has 1 aliphatic rings. The van der Waals surface area contributed by atoms with E-state index in [4.69, 9.17) is 5.11 Å². The highest BCUT2D eigenvalue weighted by Crippen LogP contribution is 2.28. The molecular weight excluding hydrogens is 268 g/mol. The van der Waals surface area contributed by atoms with E-state index in [0.717, 1.165) is 4.88 Å². The summed E-state index contributed by atoms with van der Waals surface area (Å²) >= 11 is 1.24. The molecule has 2 amide bonds. The van der Waals surface area contributed by atoms with Crippen LogP contribution in [0.15, 0.2) is 6.07 Å². The van der Waals surface area contributed by atoms with E-state index in [0.29, 0.717) is 24.4 Å². The molecule has 0 radical (unpaired) electrons. The third-order valence-corrected chi connectivity index (χ3v) is 3.92. The van der Waals surface area contributed by atoms with E-state index in [-0.39, 0.29) is 23.3 Å². The summed E-state index contributed by atoms with van der Waals surface area (Å²) in [6, 6.07) is 1.53. The molecule has 0 spiro atoms. The van der Waals surface area contributed by atoms with Crippen molar-refractivity contribution in [3.8, 4) is 0 Å². The predicted octanol–water partition coefficient (Wildman–Crippen LogP) is 1.22. The normalized spacial score (nSPS) is 18.8. The van der Waals surface area contributed by atoms with E-state index >= 15 is 0 Å². The average Bonchev–Trinajstić information content (AvgIpc) is 2.71. The van der Waals surface area contributed by atoms with Crippen LogP contribution in [0, 0.1) is 12.8 Å². The van der Waals surface area contributed by atoms with Crippen molar-refractivity contribution in [2.45, 2.75) is 19.8 Å². The Morgan fingerprint density at radius 3 is 2.84 bits per heavy atom. The zero-order valence-electron chi connectivity index (χ0n) is 10.4. The summed E-state index contributed by atoms with van der Waals surface area (Å²) in [6.07, 6.45) is 0.817. The molecule has 1 aromatic rings. The molecule has 1 aromatic heterocycles. The molecule has 1 saturated heterocycles. The molecule has 102 valence electrons. The Morgan fingerprint density at radius 2 is 2.26 bits per heavy atom. The summed E-state index contributed by atoms with van der Waals surface area (Å²) in [7, 11) is 0. The quantitative estimate of drug-likeness (QED) is 0.776. The molecule has 1 aliphatic heterocycles. The van der Waals surface area contributed by atoms with Crippen molar-refractivity contribution in [3.63, 3.8) is 0 Å². The third kappa shape index (κ3) is 3.11. The Labute approximate surface area is 113 Å². The predicted molar refractivity (Wildman–Crippen MR) is 70.4 cm³/mol. The van der Waals surface area contributed by atoms with Gasteiger partial charge >= 0.3 is 5.97 Å². The molecule has 0 saturated carbocycles. The molecule has 7 heteroatoms. The molecular formula is C12H14N2O4S. The molecule has 0 aromatic carbocycles. The van der Waals surface area contributed by atoms with E-state index in [2.05, 4.69) is 10.6 Å². The minimum atomic E-state index is -1.06. The monoisotopic (exact) mass is 282 g/mol. The SMILES string of the molecule is Cc1cc(C(=O)O)c(NC(=O)C2CCC(=O)NC2)s1. The summed E-state index contributed by atoms with van der Waals surface area (Å²) in [4.78, 5) is 34.9. The fraction of sp³-hybridized carbons (Fsp3) is 0.417. The lowest BCUT2D eigenvalue weighted by atomic mass is 9.98. The number of carboxylic acids is 1. The zero-order valence-corrected chi connectivity index (χ0v) is 11.2. The van der Waals surface area contributed by atoms with Gasteiger partial charge in [0.25, 0.3) is 0 Å².